The van der Waals surface area contributed by atoms with Crippen molar-refractivity contribution in [2.75, 3.05) is 5.32 Å². The Balaban J connectivity index is 1.82. The first-order chi connectivity index (χ1) is 12.7. The van der Waals surface area contributed by atoms with Gasteiger partial charge in [0.05, 0.1) is 5.92 Å². The Morgan fingerprint density at radius 2 is 1.62 bits per heavy atom. The highest BCUT2D eigenvalue weighted by Gasteiger charge is 2.22. The van der Waals surface area contributed by atoms with Gasteiger partial charge in [-0.15, -0.1) is 0 Å². The summed E-state index contributed by atoms with van der Waals surface area (Å²) in [6, 6.07) is 23.0. The van der Waals surface area contributed by atoms with Gasteiger partial charge in [0.1, 0.15) is 5.82 Å². The van der Waals surface area contributed by atoms with Crippen molar-refractivity contribution in [3.05, 3.63) is 101 Å². The molecule has 4 nitrogen and oxygen atoms in total. The van der Waals surface area contributed by atoms with Gasteiger partial charge in [0, 0.05) is 12.2 Å². The van der Waals surface area contributed by atoms with Crippen LogP contribution in [0.4, 0.5) is 10.1 Å². The van der Waals surface area contributed by atoms with Gasteiger partial charge in [0.15, 0.2) is 0 Å². The van der Waals surface area contributed by atoms with Crippen molar-refractivity contribution in [2.45, 2.75) is 12.5 Å². The van der Waals surface area contributed by atoms with Crippen molar-refractivity contribution in [1.29, 1.82) is 0 Å². The van der Waals surface area contributed by atoms with E-state index in [9.17, 15) is 9.18 Å². The van der Waals surface area contributed by atoms with E-state index in [-0.39, 0.29) is 5.82 Å². The molecular formula is C21H19FN2O2. The summed E-state index contributed by atoms with van der Waals surface area (Å²) in [5.74, 6) is -1.38. The molecule has 0 radical (unpaired) electrons. The van der Waals surface area contributed by atoms with E-state index in [1.165, 1.54) is 12.1 Å². The number of hydrogen-bond acceptors (Lipinski definition) is 3. The Morgan fingerprint density at radius 1 is 0.923 bits per heavy atom. The molecule has 5 heteroatoms. The molecule has 0 aromatic heterocycles. The molecule has 3 N–H and O–H groups in total. The maximum atomic E-state index is 13.0. The highest BCUT2D eigenvalue weighted by molar-refractivity contribution is 5.86. The van der Waals surface area contributed by atoms with E-state index in [2.05, 4.69) is 5.32 Å². The molecule has 0 heterocycles. The second-order valence-corrected chi connectivity index (χ2v) is 5.93. The number of amides is 1. The highest BCUT2D eigenvalue weighted by atomic mass is 19.1. The Labute approximate surface area is 151 Å². The quantitative estimate of drug-likeness (QED) is 0.464. The molecular weight excluding hydrogens is 331 g/mol. The number of halogens is 1. The minimum atomic E-state index is -0.617. The van der Waals surface area contributed by atoms with Crippen LogP contribution in [-0.4, -0.2) is 11.1 Å². The Morgan fingerprint density at radius 3 is 2.31 bits per heavy atom. The largest absolute Gasteiger partial charge is 0.381 e. The van der Waals surface area contributed by atoms with Crippen molar-refractivity contribution in [3.8, 4) is 0 Å². The van der Waals surface area contributed by atoms with Crippen LogP contribution in [-0.2, 0) is 11.3 Å². The molecule has 0 aliphatic carbocycles. The zero-order valence-corrected chi connectivity index (χ0v) is 14.0. The molecule has 0 saturated carbocycles. The number of rotatable bonds is 6. The van der Waals surface area contributed by atoms with Gasteiger partial charge in [-0.05, 0) is 41.0 Å². The van der Waals surface area contributed by atoms with Crippen LogP contribution in [0.25, 0.3) is 0 Å². The zero-order valence-electron chi connectivity index (χ0n) is 14.0. The number of hydroxylamine groups is 1. The van der Waals surface area contributed by atoms with Gasteiger partial charge in [0.25, 0.3) is 5.91 Å². The molecule has 1 amide bonds. The summed E-state index contributed by atoms with van der Waals surface area (Å²) in [4.78, 5) is 12.2. The van der Waals surface area contributed by atoms with Gasteiger partial charge in [-0.3, -0.25) is 10.0 Å². The highest BCUT2D eigenvalue weighted by Crippen LogP contribution is 2.27. The molecule has 3 rings (SSSR count). The van der Waals surface area contributed by atoms with Crippen LogP contribution < -0.4 is 10.8 Å². The lowest BCUT2D eigenvalue weighted by Gasteiger charge is -2.17. The molecule has 0 saturated heterocycles. The minimum Gasteiger partial charge on any atom is -0.381 e. The number of nitrogens with one attached hydrogen (secondary N) is 2. The monoisotopic (exact) mass is 350 g/mol. The summed E-state index contributed by atoms with van der Waals surface area (Å²) in [5, 5.41) is 12.4. The first-order valence-electron chi connectivity index (χ1n) is 8.24. The normalized spacial score (nSPS) is 11.6. The first-order valence-corrected chi connectivity index (χ1v) is 8.24. The number of carbonyl (C=O) groups excluding carboxylic acids is 1. The van der Waals surface area contributed by atoms with E-state index >= 15 is 0 Å². The van der Waals surface area contributed by atoms with Crippen molar-refractivity contribution in [2.24, 2.45) is 0 Å². The van der Waals surface area contributed by atoms with E-state index in [0.29, 0.717) is 6.54 Å². The lowest BCUT2D eigenvalue weighted by molar-refractivity contribution is -0.129. The summed E-state index contributed by atoms with van der Waals surface area (Å²) in [6.07, 6.45) is 0. The number of anilines is 1. The Kier molecular flexibility index (Phi) is 5.61. The van der Waals surface area contributed by atoms with Crippen LogP contribution in [0, 0.1) is 5.82 Å². The molecule has 0 aliphatic rings. The molecule has 1 unspecified atom stereocenters. The van der Waals surface area contributed by atoms with E-state index in [4.69, 9.17) is 5.21 Å². The van der Waals surface area contributed by atoms with Gasteiger partial charge >= 0.3 is 0 Å². The molecule has 0 bridgehead atoms. The second-order valence-electron chi connectivity index (χ2n) is 5.93. The third-order valence-corrected chi connectivity index (χ3v) is 4.14. The Bertz CT molecular complexity index is 867. The Hall–Kier alpha value is -3.18. The molecule has 26 heavy (non-hydrogen) atoms. The summed E-state index contributed by atoms with van der Waals surface area (Å²) in [7, 11) is 0. The minimum absolute atomic E-state index is 0.267. The average molecular weight is 350 g/mol. The van der Waals surface area contributed by atoms with Crippen LogP contribution >= 0.6 is 0 Å². The fourth-order valence-corrected chi connectivity index (χ4v) is 2.84. The van der Waals surface area contributed by atoms with Gasteiger partial charge in [-0.2, -0.15) is 0 Å². The van der Waals surface area contributed by atoms with E-state index in [0.717, 1.165) is 22.4 Å². The molecule has 3 aromatic carbocycles. The fraction of sp³-hybridized carbons (Fsp3) is 0.0952. The second kappa shape index (κ2) is 8.27. The van der Waals surface area contributed by atoms with E-state index in [1.807, 2.05) is 54.6 Å². The SMILES string of the molecule is O=C(NO)C(c1ccccc1)c1cccc(NCc2ccc(F)cc2)c1. The fourth-order valence-electron chi connectivity index (χ4n) is 2.84. The van der Waals surface area contributed by atoms with E-state index in [1.54, 1.807) is 17.6 Å². The van der Waals surface area contributed by atoms with Gasteiger partial charge in [-0.1, -0.05) is 54.6 Å². The van der Waals surface area contributed by atoms with E-state index < -0.39 is 11.8 Å². The summed E-state index contributed by atoms with van der Waals surface area (Å²) < 4.78 is 13.0. The smallest absolute Gasteiger partial charge is 0.255 e. The average Bonchev–Trinajstić information content (AvgIpc) is 2.69. The molecule has 1 atom stereocenters. The number of benzene rings is 3. The lowest BCUT2D eigenvalue weighted by Crippen LogP contribution is -2.27. The predicted molar refractivity (Wildman–Crippen MR) is 98.4 cm³/mol. The summed E-state index contributed by atoms with van der Waals surface area (Å²) in [6.45, 7) is 0.534. The van der Waals surface area contributed by atoms with Crippen molar-refractivity contribution in [3.63, 3.8) is 0 Å². The van der Waals surface area contributed by atoms with Crippen LogP contribution in [0.1, 0.15) is 22.6 Å². The van der Waals surface area contributed by atoms with Gasteiger partial charge in [0.2, 0.25) is 0 Å². The molecule has 132 valence electrons. The van der Waals surface area contributed by atoms with Crippen LogP contribution in [0.2, 0.25) is 0 Å². The number of carbonyl (C=O) groups is 1. The lowest BCUT2D eigenvalue weighted by atomic mass is 9.90. The maximum absolute atomic E-state index is 13.0. The zero-order chi connectivity index (χ0) is 18.4. The first kappa shape index (κ1) is 17.6. The topological polar surface area (TPSA) is 61.4 Å². The van der Waals surface area contributed by atoms with Crippen molar-refractivity contribution >= 4 is 11.6 Å². The van der Waals surface area contributed by atoms with Crippen LogP contribution in [0.15, 0.2) is 78.9 Å². The molecule has 3 aromatic rings. The van der Waals surface area contributed by atoms with Crippen LogP contribution in [0.3, 0.4) is 0 Å². The maximum Gasteiger partial charge on any atom is 0.255 e. The van der Waals surface area contributed by atoms with Gasteiger partial charge < -0.3 is 5.32 Å². The molecule has 0 fully saturated rings. The summed E-state index contributed by atoms with van der Waals surface area (Å²) >= 11 is 0. The molecule has 0 spiro atoms. The number of hydrogen-bond donors (Lipinski definition) is 3. The third kappa shape index (κ3) is 4.26. The molecule has 0 aliphatic heterocycles. The third-order valence-electron chi connectivity index (χ3n) is 4.14. The predicted octanol–water partition coefficient (Wildman–Crippen LogP) is 4.08. The standard InChI is InChI=1S/C21H19FN2O2/c22-18-11-9-15(10-12-18)14-23-19-8-4-7-17(13-19)20(21(25)24-26)16-5-2-1-3-6-16/h1-13,20,23,26H,14H2,(H,24,25). The van der Waals surface area contributed by atoms with Crippen LogP contribution in [0.5, 0.6) is 0 Å². The van der Waals surface area contributed by atoms with Crippen molar-refractivity contribution < 1.29 is 14.4 Å². The van der Waals surface area contributed by atoms with Crippen molar-refractivity contribution in [1.82, 2.24) is 5.48 Å². The van der Waals surface area contributed by atoms with Gasteiger partial charge in [-0.25, -0.2) is 9.87 Å². The summed E-state index contributed by atoms with van der Waals surface area (Å²) in [5.41, 5.74) is 5.07.